The average molecular weight is 621 g/mol. The van der Waals surface area contributed by atoms with Crippen LogP contribution in [0.2, 0.25) is 0 Å². The first kappa shape index (κ1) is 31.4. The van der Waals surface area contributed by atoms with Crippen molar-refractivity contribution in [2.75, 3.05) is 0 Å². The lowest BCUT2D eigenvalue weighted by Gasteiger charge is -2.46. The summed E-state index contributed by atoms with van der Waals surface area (Å²) >= 11 is 1.75. The average Bonchev–Trinajstić information content (AvgIpc) is 3.54. The van der Waals surface area contributed by atoms with Gasteiger partial charge < -0.3 is 14.2 Å². The summed E-state index contributed by atoms with van der Waals surface area (Å²) in [5, 5.41) is 0. The number of hydrogen-bond acceptors (Lipinski definition) is 4. The minimum absolute atomic E-state index is 0.0488. The van der Waals surface area contributed by atoms with E-state index in [0.29, 0.717) is 13.2 Å². The number of rotatable bonds is 11. The fraction of sp³-hybridized carbons (Fsp3) is 0.300. The van der Waals surface area contributed by atoms with Gasteiger partial charge in [0.05, 0.1) is 25.4 Å². The van der Waals surface area contributed by atoms with Crippen LogP contribution >= 0.6 is 11.3 Å². The van der Waals surface area contributed by atoms with Gasteiger partial charge in [0.2, 0.25) is 0 Å². The zero-order valence-corrected chi connectivity index (χ0v) is 27.0. The normalized spacial score (nSPS) is 21.6. The van der Waals surface area contributed by atoms with Gasteiger partial charge in [-0.1, -0.05) is 105 Å². The molecule has 5 aromatic rings. The second-order valence-corrected chi connectivity index (χ2v) is 13.2. The van der Waals surface area contributed by atoms with Crippen molar-refractivity contribution in [3.63, 3.8) is 0 Å². The molecule has 1 aliphatic heterocycles. The molecule has 0 aliphatic carbocycles. The molecule has 5 heteroatoms. The van der Waals surface area contributed by atoms with E-state index in [4.69, 9.17) is 14.2 Å². The number of benzene rings is 4. The molecule has 0 saturated carbocycles. The van der Waals surface area contributed by atoms with E-state index in [1.807, 2.05) is 36.4 Å². The first-order valence-corrected chi connectivity index (χ1v) is 16.7. The third kappa shape index (κ3) is 7.62. The summed E-state index contributed by atoms with van der Waals surface area (Å²) in [7, 11) is 0. The summed E-state index contributed by atoms with van der Waals surface area (Å²) in [6, 6.07) is 38.4. The zero-order valence-electron chi connectivity index (χ0n) is 26.2. The van der Waals surface area contributed by atoms with Crippen LogP contribution in [-0.2, 0) is 33.8 Å². The van der Waals surface area contributed by atoms with E-state index < -0.39 is 0 Å². The molecule has 0 unspecified atom stereocenters. The lowest BCUT2D eigenvalue weighted by molar-refractivity contribution is -0.234. The molecular formula is C40H41FO3S. The number of halogens is 1. The molecule has 4 aromatic carbocycles. The molecule has 0 radical (unpaired) electrons. The second-order valence-electron chi connectivity index (χ2n) is 12.0. The van der Waals surface area contributed by atoms with Crippen LogP contribution in [0.1, 0.15) is 59.1 Å². The van der Waals surface area contributed by atoms with Crippen molar-refractivity contribution in [2.24, 2.45) is 5.92 Å². The van der Waals surface area contributed by atoms with Crippen molar-refractivity contribution in [3.8, 4) is 10.4 Å². The molecule has 1 aromatic heterocycles. The Morgan fingerprint density at radius 1 is 0.756 bits per heavy atom. The topological polar surface area (TPSA) is 27.7 Å². The van der Waals surface area contributed by atoms with Crippen LogP contribution < -0.4 is 0 Å². The van der Waals surface area contributed by atoms with Crippen LogP contribution in [0.5, 0.6) is 0 Å². The molecule has 0 spiro atoms. The lowest BCUT2D eigenvalue weighted by atomic mass is 9.83. The summed E-state index contributed by atoms with van der Waals surface area (Å²) < 4.78 is 33.9. The van der Waals surface area contributed by atoms with Crippen molar-refractivity contribution >= 4 is 11.3 Å². The molecule has 2 heterocycles. The molecule has 0 amide bonds. The monoisotopic (exact) mass is 620 g/mol. The number of ether oxygens (including phenoxy) is 3. The minimum Gasteiger partial charge on any atom is -0.370 e. The fourth-order valence-electron chi connectivity index (χ4n) is 6.26. The fourth-order valence-corrected chi connectivity index (χ4v) is 7.30. The standard InChI is InChI=1S/C40H41FO3S/c1-4-36-28(3)38(42-25-29-11-7-5-8-12-29)40(43-26-30-13-9-6-10-14-30)39(44-36)32-16-15-27(2)33(23-32)24-35-21-22-37(45-35)31-17-19-34(41)20-18-31/h5-23,28,36,38-40H,4,24-26H2,1-3H3/t28-,36-,38+,39+,40-/m1/s1. The Balaban J connectivity index is 1.29. The van der Waals surface area contributed by atoms with Crippen LogP contribution in [0.25, 0.3) is 10.4 Å². The molecule has 232 valence electrons. The van der Waals surface area contributed by atoms with E-state index >= 15 is 0 Å². The van der Waals surface area contributed by atoms with Crippen molar-refractivity contribution in [2.45, 2.75) is 71.2 Å². The summed E-state index contributed by atoms with van der Waals surface area (Å²) in [5.74, 6) is -0.0528. The van der Waals surface area contributed by atoms with Gasteiger partial charge in [-0.3, -0.25) is 0 Å². The molecular weight excluding hydrogens is 580 g/mol. The molecule has 5 atom stereocenters. The van der Waals surface area contributed by atoms with E-state index in [1.165, 1.54) is 28.1 Å². The molecule has 6 rings (SSSR count). The number of aryl methyl sites for hydroxylation is 1. The van der Waals surface area contributed by atoms with E-state index in [1.54, 1.807) is 11.3 Å². The minimum atomic E-state index is -0.283. The van der Waals surface area contributed by atoms with Crippen molar-refractivity contribution < 1.29 is 18.6 Å². The Kier molecular flexibility index (Phi) is 10.2. The number of thiophene rings is 1. The molecule has 0 N–H and O–H groups in total. The van der Waals surface area contributed by atoms with E-state index in [2.05, 4.69) is 87.5 Å². The van der Waals surface area contributed by atoms with Gasteiger partial charge in [-0.2, -0.15) is 0 Å². The largest absolute Gasteiger partial charge is 0.370 e. The van der Waals surface area contributed by atoms with Crippen molar-refractivity contribution in [1.29, 1.82) is 0 Å². The predicted octanol–water partition coefficient (Wildman–Crippen LogP) is 10.1. The first-order chi connectivity index (χ1) is 22.0. The van der Waals surface area contributed by atoms with Crippen molar-refractivity contribution in [3.05, 3.63) is 154 Å². The van der Waals surface area contributed by atoms with Gasteiger partial charge in [-0.25, -0.2) is 4.39 Å². The molecule has 1 aliphatic rings. The zero-order chi connectivity index (χ0) is 31.2. The van der Waals surface area contributed by atoms with Gasteiger partial charge in [-0.15, -0.1) is 11.3 Å². The van der Waals surface area contributed by atoms with E-state index in [9.17, 15) is 4.39 Å². The lowest BCUT2D eigenvalue weighted by Crippen LogP contribution is -2.51. The predicted molar refractivity (Wildman–Crippen MR) is 181 cm³/mol. The summed E-state index contributed by atoms with van der Waals surface area (Å²) in [6.07, 6.45) is 1.07. The smallest absolute Gasteiger partial charge is 0.123 e. The first-order valence-electron chi connectivity index (χ1n) is 15.9. The van der Waals surface area contributed by atoms with Crippen LogP contribution in [0, 0.1) is 18.7 Å². The molecule has 3 nitrogen and oxygen atoms in total. The highest BCUT2D eigenvalue weighted by atomic mass is 32.1. The van der Waals surface area contributed by atoms with Crippen LogP contribution in [0.3, 0.4) is 0 Å². The second kappa shape index (κ2) is 14.7. The van der Waals surface area contributed by atoms with Crippen LogP contribution in [0.4, 0.5) is 4.39 Å². The van der Waals surface area contributed by atoms with Gasteiger partial charge >= 0.3 is 0 Å². The maximum Gasteiger partial charge on any atom is 0.123 e. The third-order valence-electron chi connectivity index (χ3n) is 8.88. The third-order valence-corrected chi connectivity index (χ3v) is 10.0. The highest BCUT2D eigenvalue weighted by Crippen LogP contribution is 2.41. The molecule has 0 bridgehead atoms. The summed E-state index contributed by atoms with van der Waals surface area (Å²) in [6.45, 7) is 7.60. The van der Waals surface area contributed by atoms with Gasteiger partial charge in [-0.05, 0) is 71.0 Å². The Morgan fingerprint density at radius 2 is 1.40 bits per heavy atom. The van der Waals surface area contributed by atoms with Gasteiger partial charge in [0.15, 0.2) is 0 Å². The quantitative estimate of drug-likeness (QED) is 0.147. The summed E-state index contributed by atoms with van der Waals surface area (Å²) in [4.78, 5) is 2.40. The number of hydrogen-bond donors (Lipinski definition) is 0. The van der Waals surface area contributed by atoms with Crippen LogP contribution in [0.15, 0.2) is 115 Å². The Labute approximate surface area is 270 Å². The van der Waals surface area contributed by atoms with Crippen molar-refractivity contribution in [1.82, 2.24) is 0 Å². The Hall–Kier alpha value is -3.61. The highest BCUT2D eigenvalue weighted by molar-refractivity contribution is 7.15. The molecule has 45 heavy (non-hydrogen) atoms. The van der Waals surface area contributed by atoms with Gasteiger partial charge in [0.25, 0.3) is 0 Å². The maximum absolute atomic E-state index is 13.5. The van der Waals surface area contributed by atoms with Gasteiger partial charge in [0.1, 0.15) is 18.0 Å². The summed E-state index contributed by atoms with van der Waals surface area (Å²) in [5.41, 5.74) is 6.93. The Bertz CT molecular complexity index is 1650. The SMILES string of the molecule is CC[C@H]1O[C@@H](c2ccc(C)c(Cc3ccc(-c4ccc(F)cc4)s3)c2)[C@H](OCc2ccccc2)[C@@H](OCc2ccccc2)[C@@H]1C. The van der Waals surface area contributed by atoms with E-state index in [-0.39, 0.29) is 36.2 Å². The maximum atomic E-state index is 13.5. The van der Waals surface area contributed by atoms with E-state index in [0.717, 1.165) is 40.0 Å². The Morgan fingerprint density at radius 3 is 2.04 bits per heavy atom. The van der Waals surface area contributed by atoms with Crippen LogP contribution in [-0.4, -0.2) is 18.3 Å². The molecule has 1 fully saturated rings. The highest BCUT2D eigenvalue weighted by Gasteiger charge is 2.45. The van der Waals surface area contributed by atoms with Gasteiger partial charge in [0, 0.05) is 22.1 Å². The molecule has 1 saturated heterocycles.